The zero-order valence-corrected chi connectivity index (χ0v) is 18.2. The van der Waals surface area contributed by atoms with Crippen molar-refractivity contribution in [2.45, 2.75) is 32.6 Å². The van der Waals surface area contributed by atoms with Gasteiger partial charge in [-0.05, 0) is 80.2 Å². The number of carbonyl (C=O) groups is 1. The fraction of sp³-hybridized carbons (Fsp3) is 0.458. The molecule has 0 radical (unpaired) electrons. The van der Waals surface area contributed by atoms with Crippen LogP contribution < -0.4 is 9.64 Å². The molecule has 1 heterocycles. The standard InChI is InChI=1S/C24H31ClN2O2/c1-3-24(28)27(22-8-10-23(29-2)11-9-22)18-20-13-16-26(17-14-20)15-12-19-4-6-21(25)7-5-19/h4-11,20H,3,12-18H2,1-2H3. The molecule has 0 N–H and O–H groups in total. The van der Waals surface area contributed by atoms with Crippen LogP contribution in [0.5, 0.6) is 5.75 Å². The van der Waals surface area contributed by atoms with Gasteiger partial charge in [0.25, 0.3) is 0 Å². The van der Waals surface area contributed by atoms with Gasteiger partial charge in [0, 0.05) is 30.2 Å². The van der Waals surface area contributed by atoms with Crippen LogP contribution in [0.1, 0.15) is 31.7 Å². The number of amides is 1. The summed E-state index contributed by atoms with van der Waals surface area (Å²) in [7, 11) is 1.66. The highest BCUT2D eigenvalue weighted by atomic mass is 35.5. The van der Waals surface area contributed by atoms with E-state index in [4.69, 9.17) is 16.3 Å². The third kappa shape index (κ3) is 6.22. The number of nitrogens with zero attached hydrogens (tertiary/aromatic N) is 2. The summed E-state index contributed by atoms with van der Waals surface area (Å²) in [6.45, 7) is 5.98. The molecule has 1 aliphatic heterocycles. The van der Waals surface area contributed by atoms with Crippen molar-refractivity contribution in [3.05, 3.63) is 59.1 Å². The number of carbonyl (C=O) groups excluding carboxylic acids is 1. The molecule has 156 valence electrons. The van der Waals surface area contributed by atoms with Crippen molar-refractivity contribution < 1.29 is 9.53 Å². The van der Waals surface area contributed by atoms with E-state index < -0.39 is 0 Å². The van der Waals surface area contributed by atoms with E-state index in [-0.39, 0.29) is 5.91 Å². The molecule has 0 saturated carbocycles. The predicted octanol–water partition coefficient (Wildman–Crippen LogP) is 5.05. The molecule has 0 unspecified atom stereocenters. The second kappa shape index (κ2) is 10.7. The van der Waals surface area contributed by atoms with Gasteiger partial charge in [-0.25, -0.2) is 0 Å². The molecule has 0 spiro atoms. The predicted molar refractivity (Wildman–Crippen MR) is 120 cm³/mol. The van der Waals surface area contributed by atoms with Crippen LogP contribution in [0.2, 0.25) is 5.02 Å². The topological polar surface area (TPSA) is 32.8 Å². The summed E-state index contributed by atoms with van der Waals surface area (Å²) in [5.41, 5.74) is 2.29. The van der Waals surface area contributed by atoms with E-state index in [2.05, 4.69) is 17.0 Å². The minimum atomic E-state index is 0.181. The summed E-state index contributed by atoms with van der Waals surface area (Å²) < 4.78 is 5.24. The van der Waals surface area contributed by atoms with E-state index in [0.29, 0.717) is 12.3 Å². The van der Waals surface area contributed by atoms with Gasteiger partial charge in [-0.1, -0.05) is 30.7 Å². The molecule has 0 bridgehead atoms. The molecule has 2 aromatic carbocycles. The first-order valence-corrected chi connectivity index (χ1v) is 10.9. The molecule has 0 atom stereocenters. The lowest BCUT2D eigenvalue weighted by atomic mass is 9.95. The van der Waals surface area contributed by atoms with Crippen LogP contribution in [0.25, 0.3) is 0 Å². The Morgan fingerprint density at radius 2 is 1.76 bits per heavy atom. The van der Waals surface area contributed by atoms with Crippen LogP contribution in [0.15, 0.2) is 48.5 Å². The fourth-order valence-electron chi connectivity index (χ4n) is 3.89. The lowest BCUT2D eigenvalue weighted by molar-refractivity contribution is -0.118. The van der Waals surface area contributed by atoms with Gasteiger partial charge in [0.15, 0.2) is 0 Å². The highest BCUT2D eigenvalue weighted by Gasteiger charge is 2.24. The van der Waals surface area contributed by atoms with Gasteiger partial charge in [-0.15, -0.1) is 0 Å². The Kier molecular flexibility index (Phi) is 7.96. The monoisotopic (exact) mass is 414 g/mol. The molecule has 0 aliphatic carbocycles. The van der Waals surface area contributed by atoms with Crippen molar-refractivity contribution >= 4 is 23.2 Å². The summed E-state index contributed by atoms with van der Waals surface area (Å²) in [5.74, 6) is 1.53. The second-order valence-electron chi connectivity index (χ2n) is 7.72. The van der Waals surface area contributed by atoms with Gasteiger partial charge in [-0.2, -0.15) is 0 Å². The van der Waals surface area contributed by atoms with E-state index in [1.165, 1.54) is 5.56 Å². The van der Waals surface area contributed by atoms with Crippen molar-refractivity contribution in [3.63, 3.8) is 0 Å². The lowest BCUT2D eigenvalue weighted by Crippen LogP contribution is -2.41. The molecular weight excluding hydrogens is 384 g/mol. The normalized spacial score (nSPS) is 15.3. The van der Waals surface area contributed by atoms with Crippen molar-refractivity contribution in [1.29, 1.82) is 0 Å². The van der Waals surface area contributed by atoms with Gasteiger partial charge < -0.3 is 14.5 Å². The number of piperidine rings is 1. The third-order valence-corrected chi connectivity index (χ3v) is 6.02. The summed E-state index contributed by atoms with van der Waals surface area (Å²) in [5, 5.41) is 0.789. The van der Waals surface area contributed by atoms with Gasteiger partial charge in [0.2, 0.25) is 5.91 Å². The van der Waals surface area contributed by atoms with Crippen LogP contribution in [0.3, 0.4) is 0 Å². The zero-order chi connectivity index (χ0) is 20.6. The molecule has 1 saturated heterocycles. The lowest BCUT2D eigenvalue weighted by Gasteiger charge is -2.35. The molecule has 0 aromatic heterocycles. The Morgan fingerprint density at radius 3 is 2.34 bits per heavy atom. The van der Waals surface area contributed by atoms with Crippen LogP contribution in [0.4, 0.5) is 5.69 Å². The number of hydrogen-bond donors (Lipinski definition) is 0. The molecular formula is C24H31ClN2O2. The van der Waals surface area contributed by atoms with Crippen molar-refractivity contribution in [2.75, 3.05) is 38.2 Å². The number of halogens is 1. The van der Waals surface area contributed by atoms with Crippen molar-refractivity contribution in [3.8, 4) is 5.75 Å². The maximum atomic E-state index is 12.6. The number of rotatable bonds is 8. The first kappa shape index (κ1) is 21.7. The Morgan fingerprint density at radius 1 is 1.10 bits per heavy atom. The summed E-state index contributed by atoms with van der Waals surface area (Å²) in [6, 6.07) is 15.9. The van der Waals surface area contributed by atoms with Gasteiger partial charge in [0.1, 0.15) is 5.75 Å². The van der Waals surface area contributed by atoms with E-state index in [1.807, 2.05) is 48.2 Å². The Hall–Kier alpha value is -2.04. The molecule has 2 aromatic rings. The second-order valence-corrected chi connectivity index (χ2v) is 8.15. The highest BCUT2D eigenvalue weighted by Crippen LogP contribution is 2.25. The average Bonchev–Trinajstić information content (AvgIpc) is 2.77. The van der Waals surface area contributed by atoms with Gasteiger partial charge in [-0.3, -0.25) is 4.79 Å². The minimum Gasteiger partial charge on any atom is -0.497 e. The van der Waals surface area contributed by atoms with Crippen LogP contribution in [0, 0.1) is 5.92 Å². The first-order valence-electron chi connectivity index (χ1n) is 10.5. The number of anilines is 1. The van der Waals surface area contributed by atoms with Crippen molar-refractivity contribution in [1.82, 2.24) is 4.90 Å². The molecule has 29 heavy (non-hydrogen) atoms. The van der Waals surface area contributed by atoms with Crippen LogP contribution in [-0.4, -0.2) is 44.1 Å². The fourth-order valence-corrected chi connectivity index (χ4v) is 4.02. The first-order chi connectivity index (χ1) is 14.1. The smallest absolute Gasteiger partial charge is 0.226 e. The number of benzene rings is 2. The summed E-state index contributed by atoms with van der Waals surface area (Å²) in [6.07, 6.45) is 3.83. The number of methoxy groups -OCH3 is 1. The van der Waals surface area contributed by atoms with Crippen LogP contribution in [-0.2, 0) is 11.2 Å². The molecule has 4 nitrogen and oxygen atoms in total. The Balaban J connectivity index is 1.51. The Bertz CT molecular complexity index is 768. The maximum Gasteiger partial charge on any atom is 0.226 e. The number of hydrogen-bond acceptors (Lipinski definition) is 3. The van der Waals surface area contributed by atoms with E-state index in [1.54, 1.807) is 7.11 Å². The van der Waals surface area contributed by atoms with Gasteiger partial charge in [0.05, 0.1) is 7.11 Å². The summed E-state index contributed by atoms with van der Waals surface area (Å²) >= 11 is 5.97. The van der Waals surface area contributed by atoms with Crippen LogP contribution >= 0.6 is 11.6 Å². The molecule has 3 rings (SSSR count). The Labute approximate surface area is 179 Å². The summed E-state index contributed by atoms with van der Waals surface area (Å²) in [4.78, 5) is 17.0. The number of ether oxygens (including phenoxy) is 1. The van der Waals surface area contributed by atoms with Gasteiger partial charge >= 0.3 is 0 Å². The largest absolute Gasteiger partial charge is 0.497 e. The quantitative estimate of drug-likeness (QED) is 0.606. The van der Waals surface area contributed by atoms with E-state index in [0.717, 1.165) is 61.9 Å². The van der Waals surface area contributed by atoms with E-state index >= 15 is 0 Å². The highest BCUT2D eigenvalue weighted by molar-refractivity contribution is 6.30. The van der Waals surface area contributed by atoms with Crippen molar-refractivity contribution in [2.24, 2.45) is 5.92 Å². The number of likely N-dealkylation sites (tertiary alicyclic amines) is 1. The molecule has 5 heteroatoms. The average molecular weight is 415 g/mol. The zero-order valence-electron chi connectivity index (χ0n) is 17.4. The SMILES string of the molecule is CCC(=O)N(CC1CCN(CCc2ccc(Cl)cc2)CC1)c1ccc(OC)cc1. The molecule has 1 aliphatic rings. The van der Waals surface area contributed by atoms with E-state index in [9.17, 15) is 4.79 Å². The minimum absolute atomic E-state index is 0.181. The third-order valence-electron chi connectivity index (χ3n) is 5.77. The molecule has 1 amide bonds. The maximum absolute atomic E-state index is 12.6. The molecule has 1 fully saturated rings.